The van der Waals surface area contributed by atoms with Crippen LogP contribution in [0.25, 0.3) is 0 Å². The maximum atomic E-state index is 11.8. The lowest BCUT2D eigenvalue weighted by atomic mass is 10.3. The van der Waals surface area contributed by atoms with Crippen molar-refractivity contribution < 1.29 is 9.59 Å². The van der Waals surface area contributed by atoms with Crippen LogP contribution >= 0.6 is 11.8 Å². The van der Waals surface area contributed by atoms with Gasteiger partial charge in [-0.3, -0.25) is 9.59 Å². The summed E-state index contributed by atoms with van der Waals surface area (Å²) in [5, 5.41) is 5.89. The predicted molar refractivity (Wildman–Crippen MR) is 70.1 cm³/mol. The SMILES string of the molecule is CCSCC(C)NC(=O)C(=O)N1CCNCC1. The van der Waals surface area contributed by atoms with E-state index in [0.717, 1.165) is 24.6 Å². The molecule has 0 aliphatic carbocycles. The number of hydrogen-bond donors (Lipinski definition) is 2. The quantitative estimate of drug-likeness (QED) is 0.679. The van der Waals surface area contributed by atoms with Gasteiger partial charge in [-0.15, -0.1) is 0 Å². The van der Waals surface area contributed by atoms with Crippen LogP contribution in [0.1, 0.15) is 13.8 Å². The molecular formula is C11H21N3O2S. The number of thioether (sulfide) groups is 1. The van der Waals surface area contributed by atoms with Gasteiger partial charge in [0.05, 0.1) is 0 Å². The fourth-order valence-electron chi connectivity index (χ4n) is 1.63. The van der Waals surface area contributed by atoms with Crippen molar-refractivity contribution in [2.45, 2.75) is 19.9 Å². The molecular weight excluding hydrogens is 238 g/mol. The molecule has 1 rings (SSSR count). The zero-order valence-corrected chi connectivity index (χ0v) is 11.3. The number of hydrogen-bond acceptors (Lipinski definition) is 4. The summed E-state index contributed by atoms with van der Waals surface area (Å²) in [5.74, 6) is 0.985. The van der Waals surface area contributed by atoms with Crippen LogP contribution in [0.2, 0.25) is 0 Å². The topological polar surface area (TPSA) is 61.4 Å². The molecule has 1 fully saturated rings. The zero-order chi connectivity index (χ0) is 12.7. The highest BCUT2D eigenvalue weighted by Gasteiger charge is 2.23. The van der Waals surface area contributed by atoms with Crippen molar-refractivity contribution in [1.29, 1.82) is 0 Å². The molecule has 2 N–H and O–H groups in total. The molecule has 2 amide bonds. The molecule has 0 spiro atoms. The van der Waals surface area contributed by atoms with Gasteiger partial charge in [0.15, 0.2) is 0 Å². The van der Waals surface area contributed by atoms with Crippen LogP contribution in [-0.4, -0.2) is 60.4 Å². The molecule has 1 aliphatic rings. The molecule has 1 unspecified atom stereocenters. The van der Waals surface area contributed by atoms with Crippen molar-refractivity contribution in [3.05, 3.63) is 0 Å². The molecule has 1 aliphatic heterocycles. The second-order valence-electron chi connectivity index (χ2n) is 4.08. The number of rotatable bonds is 4. The first kappa shape index (κ1) is 14.3. The van der Waals surface area contributed by atoms with Gasteiger partial charge in [-0.2, -0.15) is 11.8 Å². The van der Waals surface area contributed by atoms with Crippen LogP contribution in [-0.2, 0) is 9.59 Å². The standard InChI is InChI=1S/C11H21N3O2S/c1-3-17-8-9(2)13-10(15)11(16)14-6-4-12-5-7-14/h9,12H,3-8H2,1-2H3,(H,13,15). The number of carbonyl (C=O) groups excluding carboxylic acids is 2. The Morgan fingerprint density at radius 2 is 2.06 bits per heavy atom. The monoisotopic (exact) mass is 259 g/mol. The van der Waals surface area contributed by atoms with E-state index in [9.17, 15) is 9.59 Å². The van der Waals surface area contributed by atoms with Crippen molar-refractivity contribution in [2.24, 2.45) is 0 Å². The molecule has 5 nitrogen and oxygen atoms in total. The van der Waals surface area contributed by atoms with Crippen LogP contribution in [0.5, 0.6) is 0 Å². The molecule has 0 aromatic carbocycles. The first-order chi connectivity index (χ1) is 8.15. The molecule has 0 saturated carbocycles. The molecule has 98 valence electrons. The number of nitrogens with one attached hydrogen (secondary N) is 2. The van der Waals surface area contributed by atoms with Crippen molar-refractivity contribution in [1.82, 2.24) is 15.5 Å². The fraction of sp³-hybridized carbons (Fsp3) is 0.818. The Hall–Kier alpha value is -0.750. The minimum absolute atomic E-state index is 0.0410. The Morgan fingerprint density at radius 1 is 1.41 bits per heavy atom. The van der Waals surface area contributed by atoms with Gasteiger partial charge in [-0.1, -0.05) is 6.92 Å². The van der Waals surface area contributed by atoms with E-state index in [1.54, 1.807) is 16.7 Å². The van der Waals surface area contributed by atoms with Gasteiger partial charge in [-0.25, -0.2) is 0 Å². The third kappa shape index (κ3) is 4.95. The summed E-state index contributed by atoms with van der Waals surface area (Å²) in [6.45, 7) is 6.76. The minimum Gasteiger partial charge on any atom is -0.345 e. The van der Waals surface area contributed by atoms with E-state index in [4.69, 9.17) is 0 Å². The third-order valence-corrected chi connectivity index (χ3v) is 3.69. The molecule has 17 heavy (non-hydrogen) atoms. The van der Waals surface area contributed by atoms with E-state index in [2.05, 4.69) is 17.6 Å². The summed E-state index contributed by atoms with van der Waals surface area (Å²) in [5.41, 5.74) is 0. The van der Waals surface area contributed by atoms with Crippen LogP contribution in [0.4, 0.5) is 0 Å². The molecule has 0 radical (unpaired) electrons. The van der Waals surface area contributed by atoms with Gasteiger partial charge in [0.1, 0.15) is 0 Å². The molecule has 0 bridgehead atoms. The fourth-order valence-corrected chi connectivity index (χ4v) is 2.31. The van der Waals surface area contributed by atoms with Crippen molar-refractivity contribution in [3.63, 3.8) is 0 Å². The second kappa shape index (κ2) is 7.55. The Kier molecular flexibility index (Phi) is 6.36. The zero-order valence-electron chi connectivity index (χ0n) is 10.5. The van der Waals surface area contributed by atoms with E-state index in [1.165, 1.54) is 0 Å². The Labute approximate surface area is 107 Å². The Bertz CT molecular complexity index is 267. The molecule has 0 aromatic heterocycles. The van der Waals surface area contributed by atoms with Gasteiger partial charge in [-0.05, 0) is 12.7 Å². The van der Waals surface area contributed by atoms with Crippen molar-refractivity contribution in [2.75, 3.05) is 37.7 Å². The predicted octanol–water partition coefficient (Wildman–Crippen LogP) is -0.324. The highest BCUT2D eigenvalue weighted by molar-refractivity contribution is 7.99. The van der Waals surface area contributed by atoms with Gasteiger partial charge in [0.25, 0.3) is 0 Å². The molecule has 1 heterocycles. The van der Waals surface area contributed by atoms with Gasteiger partial charge in [0, 0.05) is 38.0 Å². The molecule has 6 heteroatoms. The maximum absolute atomic E-state index is 11.8. The summed E-state index contributed by atoms with van der Waals surface area (Å²) in [4.78, 5) is 25.1. The molecule has 0 aromatic rings. The highest BCUT2D eigenvalue weighted by atomic mass is 32.2. The van der Waals surface area contributed by atoms with Gasteiger partial charge < -0.3 is 15.5 Å². The van der Waals surface area contributed by atoms with Gasteiger partial charge >= 0.3 is 11.8 Å². The van der Waals surface area contributed by atoms with E-state index < -0.39 is 11.8 Å². The van der Waals surface area contributed by atoms with E-state index >= 15 is 0 Å². The molecule has 1 saturated heterocycles. The Balaban J connectivity index is 2.32. The van der Waals surface area contributed by atoms with Crippen molar-refractivity contribution in [3.8, 4) is 0 Å². The van der Waals surface area contributed by atoms with Crippen molar-refractivity contribution >= 4 is 23.6 Å². The van der Waals surface area contributed by atoms with Crippen LogP contribution in [0, 0.1) is 0 Å². The normalized spacial score (nSPS) is 17.6. The number of carbonyl (C=O) groups is 2. The van der Waals surface area contributed by atoms with Crippen LogP contribution in [0.15, 0.2) is 0 Å². The van der Waals surface area contributed by atoms with Gasteiger partial charge in [0.2, 0.25) is 0 Å². The molecule has 1 atom stereocenters. The number of nitrogens with zero attached hydrogens (tertiary/aromatic N) is 1. The second-order valence-corrected chi connectivity index (χ2v) is 5.40. The van der Waals surface area contributed by atoms with Crippen LogP contribution in [0.3, 0.4) is 0 Å². The Morgan fingerprint density at radius 3 is 2.65 bits per heavy atom. The maximum Gasteiger partial charge on any atom is 0.311 e. The largest absolute Gasteiger partial charge is 0.345 e. The van der Waals surface area contributed by atoms with E-state index in [-0.39, 0.29) is 6.04 Å². The van der Waals surface area contributed by atoms with Crippen LogP contribution < -0.4 is 10.6 Å². The average Bonchev–Trinajstić information content (AvgIpc) is 2.36. The highest BCUT2D eigenvalue weighted by Crippen LogP contribution is 2.01. The summed E-state index contributed by atoms with van der Waals surface area (Å²) >= 11 is 1.76. The lowest BCUT2D eigenvalue weighted by Crippen LogP contribution is -2.52. The first-order valence-corrected chi connectivity index (χ1v) is 7.18. The third-order valence-electron chi connectivity index (χ3n) is 2.55. The minimum atomic E-state index is -0.476. The number of piperazine rings is 1. The summed E-state index contributed by atoms with van der Waals surface area (Å²) in [6.07, 6.45) is 0. The summed E-state index contributed by atoms with van der Waals surface area (Å²) < 4.78 is 0. The smallest absolute Gasteiger partial charge is 0.311 e. The first-order valence-electron chi connectivity index (χ1n) is 6.03. The number of amides is 2. The lowest BCUT2D eigenvalue weighted by molar-refractivity contribution is -0.146. The van der Waals surface area contributed by atoms with E-state index in [0.29, 0.717) is 13.1 Å². The van der Waals surface area contributed by atoms with E-state index in [1.807, 2.05) is 6.92 Å². The average molecular weight is 259 g/mol. The lowest BCUT2D eigenvalue weighted by Gasteiger charge is -2.27. The summed E-state index contributed by atoms with van der Waals surface area (Å²) in [7, 11) is 0. The summed E-state index contributed by atoms with van der Waals surface area (Å²) in [6, 6.07) is 0.0410.